The van der Waals surface area contributed by atoms with Gasteiger partial charge in [-0.15, -0.1) is 0 Å². The highest BCUT2D eigenvalue weighted by atomic mass is 16.2. The maximum absolute atomic E-state index is 12.7. The molecular weight excluding hydrogens is 318 g/mol. The summed E-state index contributed by atoms with van der Waals surface area (Å²) < 4.78 is 3.70. The van der Waals surface area contributed by atoms with Crippen LogP contribution in [-0.2, 0) is 7.05 Å². The lowest BCUT2D eigenvalue weighted by Gasteiger charge is -2.20. The summed E-state index contributed by atoms with van der Waals surface area (Å²) in [6.45, 7) is 1.68. The molecule has 0 unspecified atom stereocenters. The first-order valence-corrected chi connectivity index (χ1v) is 8.71. The van der Waals surface area contributed by atoms with Crippen molar-refractivity contribution in [3.05, 3.63) is 52.5 Å². The summed E-state index contributed by atoms with van der Waals surface area (Å²) in [5.41, 5.74) is 1.63. The topological polar surface area (TPSA) is 72.2 Å². The standard InChI is InChI=1S/C18H23N5O2/c1-21-9-14(16-7-19-11-22(16)2)15(10-21)20-18(25)12-3-6-17(24)23(8-12)13-4-5-13/h3,6-8,11,13-15H,4-5,9-10H2,1-2H3,(H,20,25)/t14-,15-/m1/s1. The molecule has 7 nitrogen and oxygen atoms in total. The van der Waals surface area contributed by atoms with Crippen LogP contribution in [0.5, 0.6) is 0 Å². The van der Waals surface area contributed by atoms with Gasteiger partial charge in [-0.2, -0.15) is 0 Å². The van der Waals surface area contributed by atoms with Crippen LogP contribution in [0, 0.1) is 0 Å². The molecule has 2 atom stereocenters. The number of carbonyl (C=O) groups is 1. The van der Waals surface area contributed by atoms with Gasteiger partial charge in [0.25, 0.3) is 11.5 Å². The van der Waals surface area contributed by atoms with Crippen molar-refractivity contribution in [1.29, 1.82) is 0 Å². The van der Waals surface area contributed by atoms with E-state index >= 15 is 0 Å². The third-order valence-corrected chi connectivity index (χ3v) is 5.19. The number of hydrogen-bond acceptors (Lipinski definition) is 4. The van der Waals surface area contributed by atoms with Crippen LogP contribution in [0.1, 0.15) is 40.9 Å². The van der Waals surface area contributed by atoms with Gasteiger partial charge in [0.15, 0.2) is 0 Å². The van der Waals surface area contributed by atoms with Crippen molar-refractivity contribution >= 4 is 5.91 Å². The first-order chi connectivity index (χ1) is 12.0. The Labute approximate surface area is 146 Å². The summed E-state index contributed by atoms with van der Waals surface area (Å²) in [4.78, 5) is 31.1. The Balaban J connectivity index is 1.54. The monoisotopic (exact) mass is 341 g/mol. The zero-order valence-corrected chi connectivity index (χ0v) is 14.6. The van der Waals surface area contributed by atoms with Crippen molar-refractivity contribution in [2.45, 2.75) is 30.8 Å². The van der Waals surface area contributed by atoms with Crippen molar-refractivity contribution in [3.8, 4) is 0 Å². The first kappa shape index (κ1) is 16.1. The van der Waals surface area contributed by atoms with E-state index < -0.39 is 0 Å². The predicted octanol–water partition coefficient (Wildman–Crippen LogP) is 0.744. The number of rotatable bonds is 4. The van der Waals surface area contributed by atoms with Gasteiger partial charge in [-0.1, -0.05) is 0 Å². The average Bonchev–Trinajstić information content (AvgIpc) is 3.24. The second-order valence-electron chi connectivity index (χ2n) is 7.23. The van der Waals surface area contributed by atoms with Crippen molar-refractivity contribution in [1.82, 2.24) is 24.3 Å². The van der Waals surface area contributed by atoms with Crippen LogP contribution in [0.15, 0.2) is 35.6 Å². The number of likely N-dealkylation sites (tertiary alicyclic amines) is 1. The van der Waals surface area contributed by atoms with Crippen LogP contribution in [0.3, 0.4) is 0 Å². The number of aryl methyl sites for hydroxylation is 1. The van der Waals surface area contributed by atoms with Gasteiger partial charge in [0.1, 0.15) is 0 Å². The summed E-state index contributed by atoms with van der Waals surface area (Å²) in [5.74, 6) is 0.0812. The van der Waals surface area contributed by atoms with Crippen LogP contribution in [0.4, 0.5) is 0 Å². The van der Waals surface area contributed by atoms with Crippen LogP contribution in [-0.4, -0.2) is 51.1 Å². The number of nitrogens with one attached hydrogen (secondary N) is 1. The van der Waals surface area contributed by atoms with Crippen molar-refractivity contribution in [2.24, 2.45) is 7.05 Å². The van der Waals surface area contributed by atoms with E-state index in [1.165, 1.54) is 6.07 Å². The van der Waals surface area contributed by atoms with Crippen LogP contribution < -0.4 is 10.9 Å². The number of likely N-dealkylation sites (N-methyl/N-ethyl adjacent to an activating group) is 1. The van der Waals surface area contributed by atoms with E-state index in [9.17, 15) is 9.59 Å². The first-order valence-electron chi connectivity index (χ1n) is 8.71. The molecule has 1 amide bonds. The van der Waals surface area contributed by atoms with Crippen LogP contribution in [0.25, 0.3) is 0 Å². The number of carbonyl (C=O) groups excluding carboxylic acids is 1. The minimum Gasteiger partial charge on any atom is -0.347 e. The lowest BCUT2D eigenvalue weighted by atomic mass is 9.99. The van der Waals surface area contributed by atoms with E-state index in [2.05, 4.69) is 22.2 Å². The molecule has 2 aromatic heterocycles. The lowest BCUT2D eigenvalue weighted by molar-refractivity contribution is 0.0934. The fourth-order valence-electron chi connectivity index (χ4n) is 3.70. The molecule has 0 aromatic carbocycles. The van der Waals surface area contributed by atoms with Gasteiger partial charge in [-0.25, -0.2) is 4.98 Å². The minimum atomic E-state index is -0.123. The smallest absolute Gasteiger partial charge is 0.253 e. The van der Waals surface area contributed by atoms with E-state index in [0.717, 1.165) is 31.6 Å². The molecule has 0 spiro atoms. The number of pyridine rings is 1. The van der Waals surface area contributed by atoms with Crippen LogP contribution >= 0.6 is 0 Å². The summed E-state index contributed by atoms with van der Waals surface area (Å²) >= 11 is 0. The molecule has 0 radical (unpaired) electrons. The maximum atomic E-state index is 12.7. The highest BCUT2D eigenvalue weighted by Gasteiger charge is 2.35. The molecule has 1 aliphatic heterocycles. The Bertz CT molecular complexity index is 851. The van der Waals surface area contributed by atoms with Crippen molar-refractivity contribution in [3.63, 3.8) is 0 Å². The van der Waals surface area contributed by atoms with Crippen LogP contribution in [0.2, 0.25) is 0 Å². The van der Waals surface area contributed by atoms with Gasteiger partial charge >= 0.3 is 0 Å². The molecular formula is C18H23N5O2. The highest BCUT2D eigenvalue weighted by molar-refractivity contribution is 5.94. The molecule has 2 fully saturated rings. The Hall–Kier alpha value is -2.41. The lowest BCUT2D eigenvalue weighted by Crippen LogP contribution is -2.40. The normalized spacial score (nSPS) is 23.8. The fraction of sp³-hybridized carbons (Fsp3) is 0.500. The average molecular weight is 341 g/mol. The summed E-state index contributed by atoms with van der Waals surface area (Å²) in [7, 11) is 4.04. The Kier molecular flexibility index (Phi) is 3.95. The molecule has 25 heavy (non-hydrogen) atoms. The second-order valence-corrected chi connectivity index (χ2v) is 7.23. The summed E-state index contributed by atoms with van der Waals surface area (Å²) in [6.07, 6.45) is 7.39. The van der Waals surface area contributed by atoms with Crippen molar-refractivity contribution in [2.75, 3.05) is 20.1 Å². The molecule has 1 saturated heterocycles. The highest BCUT2D eigenvalue weighted by Crippen LogP contribution is 2.33. The third-order valence-electron chi connectivity index (χ3n) is 5.19. The Morgan fingerprint density at radius 3 is 2.72 bits per heavy atom. The summed E-state index contributed by atoms with van der Waals surface area (Å²) in [5, 5.41) is 3.16. The molecule has 132 valence electrons. The van der Waals surface area contributed by atoms with Gasteiger partial charge in [0.05, 0.1) is 17.9 Å². The number of nitrogens with zero attached hydrogens (tertiary/aromatic N) is 4. The maximum Gasteiger partial charge on any atom is 0.253 e. The molecule has 0 bridgehead atoms. The molecule has 4 rings (SSSR count). The largest absolute Gasteiger partial charge is 0.347 e. The number of aromatic nitrogens is 3. The Morgan fingerprint density at radius 2 is 2.04 bits per heavy atom. The van der Waals surface area contributed by atoms with E-state index in [-0.39, 0.29) is 29.5 Å². The SMILES string of the molecule is CN1C[C@@H](NC(=O)c2ccc(=O)n(C3CC3)c2)[C@H](c2cncn2C)C1. The molecule has 1 saturated carbocycles. The molecule has 1 aliphatic carbocycles. The molecule has 1 N–H and O–H groups in total. The summed E-state index contributed by atoms with van der Waals surface area (Å²) in [6, 6.07) is 3.40. The zero-order valence-electron chi connectivity index (χ0n) is 14.6. The molecule has 2 aliphatic rings. The fourth-order valence-corrected chi connectivity index (χ4v) is 3.70. The van der Waals surface area contributed by atoms with Gasteiger partial charge in [0, 0.05) is 56.3 Å². The number of hydrogen-bond donors (Lipinski definition) is 1. The van der Waals surface area contributed by atoms with E-state index in [1.807, 2.05) is 17.8 Å². The molecule has 2 aromatic rings. The number of amides is 1. The molecule has 7 heteroatoms. The van der Waals surface area contributed by atoms with Gasteiger partial charge in [0.2, 0.25) is 0 Å². The minimum absolute atomic E-state index is 0.0224. The van der Waals surface area contributed by atoms with Gasteiger partial charge in [-0.05, 0) is 26.0 Å². The second kappa shape index (κ2) is 6.15. The number of imidazole rings is 1. The third kappa shape index (κ3) is 3.11. The zero-order chi connectivity index (χ0) is 17.6. The van der Waals surface area contributed by atoms with E-state index in [4.69, 9.17) is 0 Å². The predicted molar refractivity (Wildman–Crippen MR) is 93.7 cm³/mol. The van der Waals surface area contributed by atoms with Gasteiger partial charge in [-0.3, -0.25) is 9.59 Å². The van der Waals surface area contributed by atoms with E-state index in [0.29, 0.717) is 5.56 Å². The van der Waals surface area contributed by atoms with Gasteiger partial charge < -0.3 is 19.4 Å². The molecule has 3 heterocycles. The Morgan fingerprint density at radius 1 is 1.24 bits per heavy atom. The van der Waals surface area contributed by atoms with E-state index in [1.54, 1.807) is 23.2 Å². The van der Waals surface area contributed by atoms with Crippen molar-refractivity contribution < 1.29 is 4.79 Å². The quantitative estimate of drug-likeness (QED) is 0.890.